The zero-order valence-corrected chi connectivity index (χ0v) is 16.5. The minimum atomic E-state index is -4.77. The molecule has 6 nitrogen and oxygen atoms in total. The normalized spacial score (nSPS) is 12.5. The Labute approximate surface area is 169 Å². The van der Waals surface area contributed by atoms with Crippen molar-refractivity contribution >= 4 is 50.6 Å². The number of nitrogens with one attached hydrogen (secondary N) is 1. The second-order valence-corrected chi connectivity index (χ2v) is 8.25. The topological polar surface area (TPSA) is 89.5 Å². The molecule has 2 aromatic rings. The smallest absolute Gasteiger partial charge is 0.341 e. The third-order valence-electron chi connectivity index (χ3n) is 3.49. The van der Waals surface area contributed by atoms with Crippen molar-refractivity contribution in [2.45, 2.75) is 23.7 Å². The monoisotopic (exact) mass is 451 g/mol. The summed E-state index contributed by atoms with van der Waals surface area (Å²) in [5.74, 6) is -5.21. The van der Waals surface area contributed by atoms with Crippen LogP contribution in [0, 0.1) is 0 Å². The summed E-state index contributed by atoms with van der Waals surface area (Å²) in [5, 5.41) is 3.02. The van der Waals surface area contributed by atoms with Gasteiger partial charge in [0.15, 0.2) is 6.10 Å². The van der Waals surface area contributed by atoms with Gasteiger partial charge in [0, 0.05) is 5.02 Å². The van der Waals surface area contributed by atoms with Crippen molar-refractivity contribution in [3.05, 3.63) is 58.1 Å². The van der Waals surface area contributed by atoms with Gasteiger partial charge in [0.1, 0.15) is 0 Å². The van der Waals surface area contributed by atoms with Gasteiger partial charge in [0.25, 0.3) is 5.91 Å². The van der Waals surface area contributed by atoms with Gasteiger partial charge in [-0.15, -0.1) is 0 Å². The van der Waals surface area contributed by atoms with Gasteiger partial charge in [0.05, 0.1) is 21.2 Å². The standard InChI is InChI=1S/C17H13Cl2F2NO5S/c1-9(15(23)22-14-8-11(18)4-7-13(14)19)27-16(24)10-2-5-12(6-3-10)28(25,26)17(20)21/h2-9,17H,1H3,(H,22,23)/t9-/m0/s1. The van der Waals surface area contributed by atoms with E-state index in [1.807, 2.05) is 0 Å². The number of anilines is 1. The second kappa shape index (κ2) is 8.85. The maximum absolute atomic E-state index is 12.5. The minimum absolute atomic E-state index is 0.117. The summed E-state index contributed by atoms with van der Waals surface area (Å²) in [6, 6.07) is 8.15. The molecular weight excluding hydrogens is 439 g/mol. The molecule has 1 atom stereocenters. The summed E-state index contributed by atoms with van der Waals surface area (Å²) < 4.78 is 52.7. The third-order valence-corrected chi connectivity index (χ3v) is 5.46. The van der Waals surface area contributed by atoms with Crippen molar-refractivity contribution in [2.75, 3.05) is 5.32 Å². The lowest BCUT2D eigenvalue weighted by Gasteiger charge is -2.14. The van der Waals surface area contributed by atoms with Gasteiger partial charge >= 0.3 is 11.7 Å². The zero-order chi connectivity index (χ0) is 21.1. The first kappa shape index (κ1) is 22.1. The quantitative estimate of drug-likeness (QED) is 0.665. The summed E-state index contributed by atoms with van der Waals surface area (Å²) in [6.07, 6.45) is -1.23. The highest BCUT2D eigenvalue weighted by Gasteiger charge is 2.27. The first-order chi connectivity index (χ1) is 13.0. The summed E-state index contributed by atoms with van der Waals surface area (Å²) in [7, 11) is -4.77. The average molecular weight is 452 g/mol. The van der Waals surface area contributed by atoms with E-state index >= 15 is 0 Å². The summed E-state index contributed by atoms with van der Waals surface area (Å²) in [6.45, 7) is 1.31. The fourth-order valence-electron chi connectivity index (χ4n) is 1.99. The molecule has 11 heteroatoms. The molecule has 0 saturated carbocycles. The van der Waals surface area contributed by atoms with E-state index in [-0.39, 0.29) is 16.3 Å². The van der Waals surface area contributed by atoms with Crippen LogP contribution in [0.15, 0.2) is 47.4 Å². The summed E-state index contributed by atoms with van der Waals surface area (Å²) >= 11 is 11.8. The Kier molecular flexibility index (Phi) is 6.97. The van der Waals surface area contributed by atoms with Crippen molar-refractivity contribution in [1.29, 1.82) is 0 Å². The molecular formula is C17H13Cl2F2NO5S. The van der Waals surface area contributed by atoms with Gasteiger partial charge in [0.2, 0.25) is 9.84 Å². The van der Waals surface area contributed by atoms with Crippen LogP contribution in [0.1, 0.15) is 17.3 Å². The highest BCUT2D eigenvalue weighted by molar-refractivity contribution is 7.91. The predicted molar refractivity (Wildman–Crippen MR) is 99.6 cm³/mol. The van der Waals surface area contributed by atoms with E-state index in [9.17, 15) is 26.8 Å². The Morgan fingerprint density at radius 3 is 2.25 bits per heavy atom. The summed E-state index contributed by atoms with van der Waals surface area (Å²) in [4.78, 5) is 23.6. The van der Waals surface area contributed by atoms with E-state index in [0.29, 0.717) is 5.02 Å². The van der Waals surface area contributed by atoms with Gasteiger partial charge in [-0.25, -0.2) is 13.2 Å². The number of esters is 1. The number of carbonyl (C=O) groups is 2. The van der Waals surface area contributed by atoms with E-state index in [0.717, 1.165) is 24.3 Å². The van der Waals surface area contributed by atoms with Crippen LogP contribution in [0.25, 0.3) is 0 Å². The molecule has 0 aliphatic heterocycles. The molecule has 0 radical (unpaired) electrons. The Bertz CT molecular complexity index is 997. The molecule has 1 amide bonds. The largest absolute Gasteiger partial charge is 0.449 e. The van der Waals surface area contributed by atoms with Gasteiger partial charge in [-0.3, -0.25) is 4.79 Å². The molecule has 0 saturated heterocycles. The Morgan fingerprint density at radius 2 is 1.68 bits per heavy atom. The maximum Gasteiger partial charge on any atom is 0.341 e. The lowest BCUT2D eigenvalue weighted by atomic mass is 10.2. The van der Waals surface area contributed by atoms with Crippen LogP contribution >= 0.6 is 23.2 Å². The molecule has 0 aliphatic rings. The van der Waals surface area contributed by atoms with E-state index < -0.39 is 38.5 Å². The first-order valence-corrected chi connectivity index (χ1v) is 9.91. The molecule has 2 aromatic carbocycles. The van der Waals surface area contributed by atoms with Crippen LogP contribution in [0.5, 0.6) is 0 Å². The molecule has 0 bridgehead atoms. The summed E-state index contributed by atoms with van der Waals surface area (Å²) in [5.41, 5.74) is 0.109. The number of hydrogen-bond donors (Lipinski definition) is 1. The molecule has 0 fully saturated rings. The highest BCUT2D eigenvalue weighted by Crippen LogP contribution is 2.25. The second-order valence-electron chi connectivity index (χ2n) is 5.49. The van der Waals surface area contributed by atoms with Gasteiger partial charge in [-0.05, 0) is 49.4 Å². The van der Waals surface area contributed by atoms with Crippen LogP contribution in [0.2, 0.25) is 10.0 Å². The lowest BCUT2D eigenvalue weighted by molar-refractivity contribution is -0.123. The van der Waals surface area contributed by atoms with Crippen LogP contribution in [-0.4, -0.2) is 32.2 Å². The van der Waals surface area contributed by atoms with E-state index in [4.69, 9.17) is 27.9 Å². The molecule has 0 spiro atoms. The number of rotatable bonds is 6. The fraction of sp³-hybridized carbons (Fsp3) is 0.176. The molecule has 2 rings (SSSR count). The molecule has 150 valence electrons. The molecule has 0 aromatic heterocycles. The molecule has 0 heterocycles. The van der Waals surface area contributed by atoms with Crippen molar-refractivity contribution in [1.82, 2.24) is 0 Å². The molecule has 28 heavy (non-hydrogen) atoms. The van der Waals surface area contributed by atoms with Crippen LogP contribution in [-0.2, 0) is 19.4 Å². The molecule has 0 aliphatic carbocycles. The molecule has 0 unspecified atom stereocenters. The average Bonchev–Trinajstić information content (AvgIpc) is 2.64. The number of amides is 1. The highest BCUT2D eigenvalue weighted by atomic mass is 35.5. The fourth-order valence-corrected chi connectivity index (χ4v) is 3.05. The number of benzene rings is 2. The van der Waals surface area contributed by atoms with E-state index in [1.54, 1.807) is 0 Å². The lowest BCUT2D eigenvalue weighted by Crippen LogP contribution is -2.30. The number of carbonyl (C=O) groups excluding carboxylic acids is 2. The van der Waals surface area contributed by atoms with Gasteiger partial charge < -0.3 is 10.1 Å². The number of halogens is 4. The Balaban J connectivity index is 2.05. The van der Waals surface area contributed by atoms with E-state index in [1.165, 1.54) is 25.1 Å². The number of hydrogen-bond acceptors (Lipinski definition) is 5. The first-order valence-electron chi connectivity index (χ1n) is 7.61. The van der Waals surface area contributed by atoms with Gasteiger partial charge in [-0.1, -0.05) is 23.2 Å². The zero-order valence-electron chi connectivity index (χ0n) is 14.2. The van der Waals surface area contributed by atoms with Crippen LogP contribution in [0.3, 0.4) is 0 Å². The van der Waals surface area contributed by atoms with E-state index in [2.05, 4.69) is 5.32 Å². The number of alkyl halides is 2. The van der Waals surface area contributed by atoms with Crippen LogP contribution in [0.4, 0.5) is 14.5 Å². The van der Waals surface area contributed by atoms with Crippen molar-refractivity contribution in [3.63, 3.8) is 0 Å². The SMILES string of the molecule is C[C@H](OC(=O)c1ccc(S(=O)(=O)C(F)F)cc1)C(=O)Nc1cc(Cl)ccc1Cl. The minimum Gasteiger partial charge on any atom is -0.449 e. The van der Waals surface area contributed by atoms with Crippen molar-refractivity contribution < 1.29 is 31.5 Å². The number of sulfone groups is 1. The maximum atomic E-state index is 12.5. The van der Waals surface area contributed by atoms with Crippen molar-refractivity contribution in [3.8, 4) is 0 Å². The predicted octanol–water partition coefficient (Wildman–Crippen LogP) is 4.17. The Hall–Kier alpha value is -2.23. The van der Waals surface area contributed by atoms with Gasteiger partial charge in [-0.2, -0.15) is 8.78 Å². The number of ether oxygens (including phenoxy) is 1. The van der Waals surface area contributed by atoms with Crippen LogP contribution < -0.4 is 5.32 Å². The van der Waals surface area contributed by atoms with Crippen molar-refractivity contribution in [2.24, 2.45) is 0 Å². The molecule has 1 N–H and O–H groups in total. The Morgan fingerprint density at radius 1 is 1.07 bits per heavy atom. The third kappa shape index (κ3) is 5.18.